The Balaban J connectivity index is 2.11. The number of amides is 1. The maximum atomic E-state index is 12.5. The first-order valence-corrected chi connectivity index (χ1v) is 8.34. The van der Waals surface area contributed by atoms with Crippen LogP contribution in [0.3, 0.4) is 0 Å². The van der Waals surface area contributed by atoms with E-state index in [1.807, 2.05) is 19.1 Å². The second-order valence-corrected chi connectivity index (χ2v) is 5.60. The molecule has 0 spiro atoms. The van der Waals surface area contributed by atoms with Crippen molar-refractivity contribution in [1.82, 2.24) is 0 Å². The highest BCUT2D eigenvalue weighted by Crippen LogP contribution is 2.30. The zero-order valence-electron chi connectivity index (χ0n) is 15.4. The number of carbonyl (C=O) groups is 2. The molecule has 1 atom stereocenters. The predicted octanol–water partition coefficient (Wildman–Crippen LogP) is 3.70. The first-order chi connectivity index (χ1) is 12.5. The largest absolute Gasteiger partial charge is 0.493 e. The van der Waals surface area contributed by atoms with Crippen LogP contribution in [0.1, 0.15) is 31.1 Å². The van der Waals surface area contributed by atoms with E-state index in [1.165, 1.54) is 14.0 Å². The molecule has 0 radical (unpaired) electrons. The summed E-state index contributed by atoms with van der Waals surface area (Å²) in [5.41, 5.74) is 1.09. The molecule has 0 saturated heterocycles. The number of ether oxygens (including phenoxy) is 3. The van der Waals surface area contributed by atoms with Crippen LogP contribution >= 0.6 is 0 Å². The van der Waals surface area contributed by atoms with Gasteiger partial charge in [0.2, 0.25) is 0 Å². The van der Waals surface area contributed by atoms with Crippen molar-refractivity contribution in [3.05, 3.63) is 48.0 Å². The van der Waals surface area contributed by atoms with E-state index in [4.69, 9.17) is 14.2 Å². The van der Waals surface area contributed by atoms with Crippen molar-refractivity contribution in [2.75, 3.05) is 19.0 Å². The molecule has 26 heavy (non-hydrogen) atoms. The van der Waals surface area contributed by atoms with Gasteiger partial charge in [0.15, 0.2) is 23.4 Å². The van der Waals surface area contributed by atoms with Crippen molar-refractivity contribution in [1.29, 1.82) is 0 Å². The Morgan fingerprint density at radius 2 is 1.81 bits per heavy atom. The molecule has 6 heteroatoms. The third kappa shape index (κ3) is 4.75. The summed E-state index contributed by atoms with van der Waals surface area (Å²) in [6.07, 6.45) is -0.776. The third-order valence-corrected chi connectivity index (χ3v) is 3.69. The summed E-state index contributed by atoms with van der Waals surface area (Å²) in [7, 11) is 1.48. The number of hydrogen-bond acceptors (Lipinski definition) is 5. The molecule has 138 valence electrons. The molecule has 0 unspecified atom stereocenters. The smallest absolute Gasteiger partial charge is 0.265 e. The van der Waals surface area contributed by atoms with Crippen LogP contribution in [0.2, 0.25) is 0 Å². The lowest BCUT2D eigenvalue weighted by Gasteiger charge is -2.18. The molecule has 2 aromatic carbocycles. The lowest BCUT2D eigenvalue weighted by molar-refractivity contribution is -0.122. The summed E-state index contributed by atoms with van der Waals surface area (Å²) in [6, 6.07) is 12.0. The third-order valence-electron chi connectivity index (χ3n) is 3.69. The average molecular weight is 357 g/mol. The van der Waals surface area contributed by atoms with Crippen LogP contribution in [0.5, 0.6) is 17.2 Å². The van der Waals surface area contributed by atoms with Gasteiger partial charge >= 0.3 is 0 Å². The van der Waals surface area contributed by atoms with Gasteiger partial charge in [-0.1, -0.05) is 12.1 Å². The molecule has 1 amide bonds. The van der Waals surface area contributed by atoms with Gasteiger partial charge < -0.3 is 19.5 Å². The van der Waals surface area contributed by atoms with Gasteiger partial charge in [-0.15, -0.1) is 0 Å². The van der Waals surface area contributed by atoms with Gasteiger partial charge in [0.25, 0.3) is 5.91 Å². The molecule has 2 rings (SSSR count). The van der Waals surface area contributed by atoms with E-state index in [1.54, 1.807) is 37.3 Å². The van der Waals surface area contributed by atoms with Crippen molar-refractivity contribution in [3.63, 3.8) is 0 Å². The number of anilines is 1. The zero-order valence-corrected chi connectivity index (χ0v) is 15.4. The first-order valence-electron chi connectivity index (χ1n) is 8.34. The minimum absolute atomic E-state index is 0.0758. The summed E-state index contributed by atoms with van der Waals surface area (Å²) in [5.74, 6) is 0.979. The molecule has 0 aliphatic rings. The van der Waals surface area contributed by atoms with Crippen molar-refractivity contribution >= 4 is 17.4 Å². The van der Waals surface area contributed by atoms with Crippen LogP contribution in [-0.2, 0) is 4.79 Å². The number of ketones is 1. The molecule has 1 N–H and O–H groups in total. The Morgan fingerprint density at radius 1 is 1.08 bits per heavy atom. The Hall–Kier alpha value is -3.02. The second-order valence-electron chi connectivity index (χ2n) is 5.60. The first kappa shape index (κ1) is 19.3. The minimum Gasteiger partial charge on any atom is -0.493 e. The highest BCUT2D eigenvalue weighted by molar-refractivity contribution is 5.96. The number of carbonyl (C=O) groups excluding carboxylic acids is 2. The monoisotopic (exact) mass is 357 g/mol. The molecule has 0 heterocycles. The van der Waals surface area contributed by atoms with Crippen LogP contribution in [0.4, 0.5) is 5.69 Å². The van der Waals surface area contributed by atoms with Gasteiger partial charge in [-0.05, 0) is 51.1 Å². The van der Waals surface area contributed by atoms with E-state index in [0.717, 1.165) is 0 Å². The van der Waals surface area contributed by atoms with Crippen LogP contribution < -0.4 is 19.5 Å². The number of para-hydroxylation sites is 2. The van der Waals surface area contributed by atoms with Gasteiger partial charge in [-0.25, -0.2) is 0 Å². The fourth-order valence-corrected chi connectivity index (χ4v) is 2.31. The van der Waals surface area contributed by atoms with Crippen LogP contribution in [-0.4, -0.2) is 31.5 Å². The Morgan fingerprint density at radius 3 is 2.46 bits per heavy atom. The maximum Gasteiger partial charge on any atom is 0.265 e. The molecule has 0 saturated carbocycles. The molecular formula is C20H23NO5. The van der Waals surface area contributed by atoms with E-state index in [-0.39, 0.29) is 11.7 Å². The minimum atomic E-state index is -0.776. The highest BCUT2D eigenvalue weighted by Gasteiger charge is 2.19. The summed E-state index contributed by atoms with van der Waals surface area (Å²) < 4.78 is 16.5. The van der Waals surface area contributed by atoms with Crippen molar-refractivity contribution in [2.24, 2.45) is 0 Å². The van der Waals surface area contributed by atoms with Crippen molar-refractivity contribution < 1.29 is 23.8 Å². The lowest BCUT2D eigenvalue weighted by Crippen LogP contribution is -2.30. The van der Waals surface area contributed by atoms with Gasteiger partial charge in [-0.3, -0.25) is 9.59 Å². The Labute approximate surface area is 153 Å². The summed E-state index contributed by atoms with van der Waals surface area (Å²) in [4.78, 5) is 23.9. The lowest BCUT2D eigenvalue weighted by atomic mass is 10.1. The van der Waals surface area contributed by atoms with E-state index in [9.17, 15) is 9.59 Å². The number of methoxy groups -OCH3 is 1. The van der Waals surface area contributed by atoms with Crippen LogP contribution in [0.15, 0.2) is 42.5 Å². The normalized spacial score (nSPS) is 11.4. The number of rotatable bonds is 8. The Bertz CT molecular complexity index is 788. The molecule has 0 fully saturated rings. The number of Topliss-reactive ketones (excluding diaryl/α,β-unsaturated/α-hetero) is 1. The SMILES string of the molecule is CCOc1ccccc1NC(=O)[C@@H](C)Oc1ccc(C(C)=O)cc1OC. The standard InChI is InChI=1S/C20H23NO5/c1-5-25-17-9-7-6-8-16(17)21-20(23)14(3)26-18-11-10-15(13(2)22)12-19(18)24-4/h6-12,14H,5H2,1-4H3,(H,21,23)/t14-/m1/s1. The van der Waals surface area contributed by atoms with Gasteiger partial charge in [0.1, 0.15) is 5.75 Å². The average Bonchev–Trinajstić information content (AvgIpc) is 2.63. The molecule has 6 nitrogen and oxygen atoms in total. The quantitative estimate of drug-likeness (QED) is 0.729. The molecule has 0 aliphatic heterocycles. The van der Waals surface area contributed by atoms with Gasteiger partial charge in [0, 0.05) is 5.56 Å². The summed E-state index contributed by atoms with van der Waals surface area (Å²) in [5, 5.41) is 2.80. The van der Waals surface area contributed by atoms with Crippen LogP contribution in [0.25, 0.3) is 0 Å². The number of nitrogens with one attached hydrogen (secondary N) is 1. The number of hydrogen-bond donors (Lipinski definition) is 1. The molecule has 0 bridgehead atoms. The number of benzene rings is 2. The molecule has 2 aromatic rings. The van der Waals surface area contributed by atoms with Crippen molar-refractivity contribution in [3.8, 4) is 17.2 Å². The van der Waals surface area contributed by atoms with Crippen molar-refractivity contribution in [2.45, 2.75) is 26.9 Å². The summed E-state index contributed by atoms with van der Waals surface area (Å²) >= 11 is 0. The summed E-state index contributed by atoms with van der Waals surface area (Å²) in [6.45, 7) is 5.48. The molecular weight excluding hydrogens is 334 g/mol. The van der Waals surface area contributed by atoms with Gasteiger partial charge in [0.05, 0.1) is 19.4 Å². The maximum absolute atomic E-state index is 12.5. The second kappa shape index (κ2) is 8.89. The van der Waals surface area contributed by atoms with E-state index < -0.39 is 6.10 Å². The van der Waals surface area contributed by atoms with Crippen LogP contribution in [0, 0.1) is 0 Å². The fourth-order valence-electron chi connectivity index (χ4n) is 2.31. The predicted molar refractivity (Wildman–Crippen MR) is 99.3 cm³/mol. The van der Waals surface area contributed by atoms with Gasteiger partial charge in [-0.2, -0.15) is 0 Å². The topological polar surface area (TPSA) is 73.9 Å². The fraction of sp³-hybridized carbons (Fsp3) is 0.300. The zero-order chi connectivity index (χ0) is 19.1. The van der Waals surface area contributed by atoms with E-state index in [0.29, 0.717) is 35.1 Å². The van der Waals surface area contributed by atoms with E-state index in [2.05, 4.69) is 5.32 Å². The molecule has 0 aromatic heterocycles. The molecule has 0 aliphatic carbocycles. The highest BCUT2D eigenvalue weighted by atomic mass is 16.5. The van der Waals surface area contributed by atoms with E-state index >= 15 is 0 Å². The Kier molecular flexibility index (Phi) is 6.60.